The number of hydrogen-bond donors (Lipinski definition) is 2. The van der Waals surface area contributed by atoms with Crippen molar-refractivity contribution in [1.29, 1.82) is 0 Å². The summed E-state index contributed by atoms with van der Waals surface area (Å²) in [7, 11) is -3.69. The Kier molecular flexibility index (Phi) is 3.60. The zero-order valence-corrected chi connectivity index (χ0v) is 14.5. The summed E-state index contributed by atoms with van der Waals surface area (Å²) in [6, 6.07) is 13.9. The Morgan fingerprint density at radius 1 is 0.840 bits per heavy atom. The molecule has 0 radical (unpaired) electrons. The van der Waals surface area contributed by atoms with Gasteiger partial charge in [-0.3, -0.25) is 0 Å². The quantitative estimate of drug-likeness (QED) is 0.883. The highest BCUT2D eigenvalue weighted by molar-refractivity contribution is 7.89. The van der Waals surface area contributed by atoms with Gasteiger partial charge in [-0.25, -0.2) is 13.6 Å². The molecule has 4 nitrogen and oxygen atoms in total. The lowest BCUT2D eigenvalue weighted by atomic mass is 9.70. The van der Waals surface area contributed by atoms with Gasteiger partial charge in [0.05, 0.1) is 4.90 Å². The Morgan fingerprint density at radius 2 is 1.32 bits per heavy atom. The van der Waals surface area contributed by atoms with E-state index in [0.717, 1.165) is 35.1 Å². The molecule has 0 atom stereocenters. The number of aromatic hydroxyl groups is 1. The van der Waals surface area contributed by atoms with E-state index in [1.165, 1.54) is 6.42 Å². The lowest BCUT2D eigenvalue weighted by molar-refractivity contribution is 0.282. The molecule has 0 amide bonds. The summed E-state index contributed by atoms with van der Waals surface area (Å²) < 4.78 is 22.9. The number of rotatable bonds is 3. The number of allylic oxidation sites excluding steroid dienone is 4. The van der Waals surface area contributed by atoms with Crippen molar-refractivity contribution < 1.29 is 13.5 Å². The molecule has 4 rings (SSSR count). The van der Waals surface area contributed by atoms with Gasteiger partial charge in [0.15, 0.2) is 0 Å². The first-order valence-corrected chi connectivity index (χ1v) is 9.80. The summed E-state index contributed by atoms with van der Waals surface area (Å²) in [6.07, 6.45) is 8.09. The maximum atomic E-state index is 11.5. The Morgan fingerprint density at radius 3 is 1.72 bits per heavy atom. The number of phenolic OH excluding ortho intramolecular Hbond substituents is 1. The summed E-state index contributed by atoms with van der Waals surface area (Å²) in [6.45, 7) is 0. The van der Waals surface area contributed by atoms with E-state index in [0.29, 0.717) is 0 Å². The lowest BCUT2D eigenvalue weighted by Gasteiger charge is -2.34. The predicted octanol–water partition coefficient (Wildman–Crippen LogP) is 3.69. The molecule has 0 heterocycles. The van der Waals surface area contributed by atoms with Gasteiger partial charge in [-0.05, 0) is 59.4 Å². The molecule has 0 saturated heterocycles. The normalized spacial score (nSPS) is 18.6. The van der Waals surface area contributed by atoms with Crippen LogP contribution >= 0.6 is 0 Å². The molecule has 2 aromatic carbocycles. The largest absolute Gasteiger partial charge is 0.508 e. The minimum absolute atomic E-state index is 0.112. The van der Waals surface area contributed by atoms with Crippen LogP contribution in [-0.2, 0) is 10.0 Å². The molecular weight excluding hydrogens is 334 g/mol. The molecule has 0 bridgehead atoms. The van der Waals surface area contributed by atoms with Crippen molar-refractivity contribution in [1.82, 2.24) is 0 Å². The van der Waals surface area contributed by atoms with Gasteiger partial charge >= 0.3 is 0 Å². The van der Waals surface area contributed by atoms with Crippen molar-refractivity contribution in [2.75, 3.05) is 0 Å². The number of benzene rings is 2. The Labute approximate surface area is 147 Å². The minimum Gasteiger partial charge on any atom is -0.508 e. The van der Waals surface area contributed by atoms with Crippen LogP contribution in [0, 0.1) is 5.41 Å². The Bertz CT molecular complexity index is 980. The molecule has 128 valence electrons. The predicted molar refractivity (Wildman–Crippen MR) is 98.2 cm³/mol. The standard InChI is InChI=1S/C20H19NO3S/c21-25(23,24)17-8-4-15(5-9-17)19-13-20(10-1-11-20)12-18(19)14-2-6-16(22)7-3-14/h2-9,12-13,22H,1,10-11H2,(H2,21,23,24). The topological polar surface area (TPSA) is 80.4 Å². The van der Waals surface area contributed by atoms with Gasteiger partial charge in [-0.15, -0.1) is 0 Å². The monoisotopic (exact) mass is 353 g/mol. The molecule has 2 aromatic rings. The Balaban J connectivity index is 1.77. The van der Waals surface area contributed by atoms with Crippen LogP contribution in [0.2, 0.25) is 0 Å². The fourth-order valence-corrected chi connectivity index (χ4v) is 4.10. The van der Waals surface area contributed by atoms with E-state index in [2.05, 4.69) is 12.2 Å². The zero-order valence-electron chi connectivity index (χ0n) is 13.6. The molecule has 1 spiro atoms. The molecular formula is C20H19NO3S. The van der Waals surface area contributed by atoms with Crippen molar-refractivity contribution in [2.24, 2.45) is 10.6 Å². The van der Waals surface area contributed by atoms with Gasteiger partial charge in [-0.2, -0.15) is 0 Å². The molecule has 3 N–H and O–H groups in total. The molecule has 0 aliphatic heterocycles. The minimum atomic E-state index is -3.69. The van der Waals surface area contributed by atoms with E-state index in [1.807, 2.05) is 12.1 Å². The van der Waals surface area contributed by atoms with Crippen molar-refractivity contribution in [3.05, 3.63) is 71.8 Å². The molecule has 1 saturated carbocycles. The summed E-state index contributed by atoms with van der Waals surface area (Å²) >= 11 is 0. The summed E-state index contributed by atoms with van der Waals surface area (Å²) in [4.78, 5) is 0.114. The van der Waals surface area contributed by atoms with Gasteiger partial charge in [0.25, 0.3) is 0 Å². The third-order valence-corrected chi connectivity index (χ3v) is 6.04. The molecule has 5 heteroatoms. The average molecular weight is 353 g/mol. The first kappa shape index (κ1) is 16.1. The molecule has 2 aliphatic carbocycles. The van der Waals surface area contributed by atoms with Crippen molar-refractivity contribution in [3.8, 4) is 5.75 Å². The SMILES string of the molecule is NS(=O)(=O)c1ccc(C2=CC3(C=C2c2ccc(O)cc2)CCC3)cc1. The zero-order chi connectivity index (χ0) is 17.7. The molecule has 0 unspecified atom stereocenters. The summed E-state index contributed by atoms with van der Waals surface area (Å²) in [5.41, 5.74) is 4.36. The fraction of sp³-hybridized carbons (Fsp3) is 0.200. The van der Waals surface area contributed by atoms with Crippen LogP contribution in [-0.4, -0.2) is 13.5 Å². The molecule has 0 aromatic heterocycles. The summed E-state index contributed by atoms with van der Waals surface area (Å²) in [5.74, 6) is 0.240. The molecule has 25 heavy (non-hydrogen) atoms. The van der Waals surface area contributed by atoms with Crippen molar-refractivity contribution >= 4 is 21.2 Å². The Hall–Kier alpha value is -2.37. The van der Waals surface area contributed by atoms with E-state index in [4.69, 9.17) is 5.14 Å². The lowest BCUT2D eigenvalue weighted by Crippen LogP contribution is -2.22. The number of phenols is 1. The highest BCUT2D eigenvalue weighted by Gasteiger charge is 2.38. The van der Waals surface area contributed by atoms with Gasteiger partial charge < -0.3 is 5.11 Å². The van der Waals surface area contributed by atoms with E-state index < -0.39 is 10.0 Å². The second-order valence-corrected chi connectivity index (χ2v) is 8.38. The van der Waals surface area contributed by atoms with E-state index in [9.17, 15) is 13.5 Å². The van der Waals surface area contributed by atoms with Crippen LogP contribution in [0.3, 0.4) is 0 Å². The first-order valence-electron chi connectivity index (χ1n) is 8.25. The highest BCUT2D eigenvalue weighted by atomic mass is 32.2. The number of sulfonamides is 1. The number of hydrogen-bond acceptors (Lipinski definition) is 3. The highest BCUT2D eigenvalue weighted by Crippen LogP contribution is 2.53. The van der Waals surface area contributed by atoms with Crippen LogP contribution in [0.25, 0.3) is 11.1 Å². The van der Waals surface area contributed by atoms with E-state index in [-0.39, 0.29) is 16.1 Å². The van der Waals surface area contributed by atoms with Crippen molar-refractivity contribution in [3.63, 3.8) is 0 Å². The third-order valence-electron chi connectivity index (χ3n) is 5.11. The van der Waals surface area contributed by atoms with Gasteiger partial charge in [-0.1, -0.05) is 42.8 Å². The van der Waals surface area contributed by atoms with Crippen molar-refractivity contribution in [2.45, 2.75) is 24.2 Å². The smallest absolute Gasteiger partial charge is 0.238 e. The molecule has 2 aliphatic rings. The van der Waals surface area contributed by atoms with Crippen LogP contribution in [0.15, 0.2) is 65.6 Å². The maximum absolute atomic E-state index is 11.5. The van der Waals surface area contributed by atoms with Gasteiger partial charge in [0, 0.05) is 5.41 Å². The van der Waals surface area contributed by atoms with Crippen LogP contribution in [0.4, 0.5) is 0 Å². The summed E-state index contributed by atoms with van der Waals surface area (Å²) in [5, 5.41) is 14.7. The maximum Gasteiger partial charge on any atom is 0.238 e. The van der Waals surface area contributed by atoms with Gasteiger partial charge in [0.1, 0.15) is 5.75 Å². The fourth-order valence-electron chi connectivity index (χ4n) is 3.59. The second-order valence-electron chi connectivity index (χ2n) is 6.82. The van der Waals surface area contributed by atoms with Gasteiger partial charge in [0.2, 0.25) is 10.0 Å². The molecule has 1 fully saturated rings. The first-order chi connectivity index (χ1) is 11.9. The van der Waals surface area contributed by atoms with E-state index >= 15 is 0 Å². The van der Waals surface area contributed by atoms with Crippen LogP contribution in [0.5, 0.6) is 5.75 Å². The number of primary sulfonamides is 1. The third kappa shape index (κ3) is 2.90. The van der Waals surface area contributed by atoms with E-state index in [1.54, 1.807) is 36.4 Å². The second kappa shape index (κ2) is 5.58. The van der Waals surface area contributed by atoms with Crippen LogP contribution in [0.1, 0.15) is 30.4 Å². The average Bonchev–Trinajstić information content (AvgIpc) is 2.96. The number of nitrogens with two attached hydrogens (primary N) is 1. The van der Waals surface area contributed by atoms with Crippen LogP contribution < -0.4 is 5.14 Å².